The van der Waals surface area contributed by atoms with Gasteiger partial charge < -0.3 is 5.11 Å². The van der Waals surface area contributed by atoms with Crippen LogP contribution in [0.2, 0.25) is 0 Å². The molecular weight excluding hydrogens is 272 g/mol. The van der Waals surface area contributed by atoms with E-state index in [0.29, 0.717) is 0 Å². The lowest BCUT2D eigenvalue weighted by Crippen LogP contribution is -2.29. The molecule has 0 aromatic heterocycles. The minimum Gasteiger partial charge on any atom is -0.481 e. The summed E-state index contributed by atoms with van der Waals surface area (Å²) in [6.07, 6.45) is 4.42. The average molecular weight is 300 g/mol. The lowest BCUT2D eigenvalue weighted by molar-refractivity contribution is -0.150. The van der Waals surface area contributed by atoms with Crippen LogP contribution in [0.5, 0.6) is 0 Å². The lowest BCUT2D eigenvalue weighted by Gasteiger charge is -2.26. The summed E-state index contributed by atoms with van der Waals surface area (Å²) in [5.74, 6) is -0.624. The molecule has 2 rings (SSSR count). The van der Waals surface area contributed by atoms with Crippen molar-refractivity contribution in [3.8, 4) is 0 Å². The maximum absolute atomic E-state index is 11.0. The van der Waals surface area contributed by atoms with Gasteiger partial charge in [-0.2, -0.15) is 0 Å². The van der Waals surface area contributed by atoms with E-state index in [2.05, 4.69) is 55.5 Å². The molecule has 1 N–H and O–H groups in total. The number of hydrogen-bond donors (Lipinski definition) is 1. The fourth-order valence-electron chi connectivity index (χ4n) is 2.66. The molecule has 120 valence electrons. The molecule has 0 radical (unpaired) electrons. The first-order chi connectivity index (χ1) is 10.6. The fraction of sp³-hybridized carbons (Fsp3) is 0.450. The molecule has 2 heteroatoms. The zero-order chi connectivity index (χ0) is 16.4. The Morgan fingerprint density at radius 3 is 1.59 bits per heavy atom. The molecule has 0 aliphatic heterocycles. The van der Waals surface area contributed by atoms with E-state index in [4.69, 9.17) is 5.11 Å². The van der Waals surface area contributed by atoms with E-state index in [0.717, 1.165) is 32.1 Å². The quantitative estimate of drug-likeness (QED) is 0.720. The molecule has 0 saturated heterocycles. The summed E-state index contributed by atoms with van der Waals surface area (Å²) in [5, 5.41) is 11.7. The van der Waals surface area contributed by atoms with Crippen molar-refractivity contribution >= 4 is 16.7 Å². The molecule has 0 saturated carbocycles. The van der Waals surface area contributed by atoms with Gasteiger partial charge in [-0.05, 0) is 30.0 Å². The van der Waals surface area contributed by atoms with Gasteiger partial charge in [-0.15, -0.1) is 0 Å². The van der Waals surface area contributed by atoms with E-state index < -0.39 is 11.4 Å². The van der Waals surface area contributed by atoms with Gasteiger partial charge in [-0.3, -0.25) is 4.79 Å². The van der Waals surface area contributed by atoms with Crippen LogP contribution in [0, 0.1) is 5.41 Å². The van der Waals surface area contributed by atoms with E-state index in [9.17, 15) is 4.79 Å². The van der Waals surface area contributed by atoms with Crippen LogP contribution < -0.4 is 0 Å². The normalized spacial score (nSPS) is 10.9. The van der Waals surface area contributed by atoms with Crippen LogP contribution in [0.3, 0.4) is 0 Å². The van der Waals surface area contributed by atoms with Crippen LogP contribution in [-0.2, 0) is 4.79 Å². The van der Waals surface area contributed by atoms with Crippen molar-refractivity contribution < 1.29 is 9.90 Å². The molecule has 0 bridgehead atoms. The van der Waals surface area contributed by atoms with Gasteiger partial charge in [-0.1, -0.05) is 82.1 Å². The van der Waals surface area contributed by atoms with Crippen molar-refractivity contribution in [3.05, 3.63) is 48.5 Å². The Hall–Kier alpha value is -1.83. The molecule has 0 atom stereocenters. The Labute approximate surface area is 134 Å². The maximum Gasteiger partial charge on any atom is 0.309 e. The van der Waals surface area contributed by atoms with Crippen LogP contribution in [0.25, 0.3) is 10.8 Å². The van der Waals surface area contributed by atoms with Crippen molar-refractivity contribution in [2.24, 2.45) is 5.41 Å². The zero-order valence-electron chi connectivity index (χ0n) is 14.0. The largest absolute Gasteiger partial charge is 0.481 e. The number of aliphatic carboxylic acids is 1. The van der Waals surface area contributed by atoms with E-state index in [1.165, 1.54) is 10.8 Å². The monoisotopic (exact) mass is 300 g/mol. The molecule has 0 aliphatic rings. The van der Waals surface area contributed by atoms with Crippen molar-refractivity contribution in [1.82, 2.24) is 0 Å². The third-order valence-electron chi connectivity index (χ3n) is 4.47. The first-order valence-corrected chi connectivity index (χ1v) is 8.26. The number of carbonyl (C=O) groups is 1. The summed E-state index contributed by atoms with van der Waals surface area (Å²) in [5.41, 5.74) is -0.448. The molecule has 0 amide bonds. The Morgan fingerprint density at radius 1 is 0.909 bits per heavy atom. The maximum atomic E-state index is 11.0. The summed E-state index contributed by atoms with van der Waals surface area (Å²) >= 11 is 0. The number of hydrogen-bond acceptors (Lipinski definition) is 1. The Morgan fingerprint density at radius 2 is 1.32 bits per heavy atom. The minimum absolute atomic E-state index is 0.448. The van der Waals surface area contributed by atoms with E-state index in [-0.39, 0.29) is 0 Å². The summed E-state index contributed by atoms with van der Waals surface area (Å²) in [6, 6.07) is 16.7. The van der Waals surface area contributed by atoms with Crippen LogP contribution >= 0.6 is 0 Å². The van der Waals surface area contributed by atoms with Gasteiger partial charge in [0.05, 0.1) is 5.41 Å². The molecule has 0 unspecified atom stereocenters. The van der Waals surface area contributed by atoms with E-state index in [1.807, 2.05) is 13.8 Å². The van der Waals surface area contributed by atoms with Gasteiger partial charge in [0.25, 0.3) is 0 Å². The summed E-state index contributed by atoms with van der Waals surface area (Å²) in [7, 11) is 0. The molecule has 0 spiro atoms. The molecule has 2 aromatic rings. The van der Waals surface area contributed by atoms with Crippen molar-refractivity contribution in [1.29, 1.82) is 0 Å². The van der Waals surface area contributed by atoms with E-state index >= 15 is 0 Å². The second-order valence-electron chi connectivity index (χ2n) is 5.74. The smallest absolute Gasteiger partial charge is 0.309 e. The van der Waals surface area contributed by atoms with Crippen LogP contribution in [0.4, 0.5) is 0 Å². The number of unbranched alkanes of at least 4 members (excludes halogenated alkanes) is 1. The van der Waals surface area contributed by atoms with Crippen molar-refractivity contribution in [3.63, 3.8) is 0 Å². The SMILES string of the molecule is CCCCC(CC)(CC)C(=O)O.c1ccc2ccccc2c1. The van der Waals surface area contributed by atoms with Crippen LogP contribution in [-0.4, -0.2) is 11.1 Å². The van der Waals surface area contributed by atoms with Crippen LogP contribution in [0.1, 0.15) is 52.9 Å². The predicted octanol–water partition coefficient (Wildman–Crippen LogP) is 5.91. The number of benzene rings is 2. The number of carboxylic acid groups (broad SMARTS) is 1. The highest BCUT2D eigenvalue weighted by Gasteiger charge is 2.33. The topological polar surface area (TPSA) is 37.3 Å². The third-order valence-corrected chi connectivity index (χ3v) is 4.47. The average Bonchev–Trinajstić information content (AvgIpc) is 2.57. The first-order valence-electron chi connectivity index (χ1n) is 8.26. The zero-order valence-corrected chi connectivity index (χ0v) is 14.0. The number of rotatable bonds is 6. The van der Waals surface area contributed by atoms with Gasteiger partial charge in [0.15, 0.2) is 0 Å². The van der Waals surface area contributed by atoms with E-state index in [1.54, 1.807) is 0 Å². The molecule has 0 heterocycles. The Kier molecular flexibility index (Phi) is 7.65. The van der Waals surface area contributed by atoms with Gasteiger partial charge in [0.1, 0.15) is 0 Å². The summed E-state index contributed by atoms with van der Waals surface area (Å²) < 4.78 is 0. The molecule has 2 nitrogen and oxygen atoms in total. The highest BCUT2D eigenvalue weighted by molar-refractivity contribution is 5.82. The van der Waals surface area contributed by atoms with Crippen molar-refractivity contribution in [2.75, 3.05) is 0 Å². The predicted molar refractivity (Wildman–Crippen MR) is 94.1 cm³/mol. The molecule has 2 aromatic carbocycles. The second kappa shape index (κ2) is 9.24. The molecule has 22 heavy (non-hydrogen) atoms. The number of carboxylic acids is 1. The standard InChI is InChI=1S/C10H20O2.C10H8/c1-4-7-8-10(5-2,6-3)9(11)12;1-2-6-10-8-4-3-7-9(10)5-1/h4-8H2,1-3H3,(H,11,12);1-8H. The highest BCUT2D eigenvalue weighted by atomic mass is 16.4. The molecule has 0 fully saturated rings. The Bertz CT molecular complexity index is 505. The highest BCUT2D eigenvalue weighted by Crippen LogP contribution is 2.32. The van der Waals surface area contributed by atoms with Crippen molar-refractivity contribution in [2.45, 2.75) is 52.9 Å². The first kappa shape index (κ1) is 18.2. The number of fused-ring (bicyclic) bond motifs is 1. The lowest BCUT2D eigenvalue weighted by atomic mass is 9.78. The third kappa shape index (κ3) is 4.87. The molecular formula is C20H28O2. The summed E-state index contributed by atoms with van der Waals surface area (Å²) in [4.78, 5) is 11.0. The van der Waals surface area contributed by atoms with Gasteiger partial charge in [0, 0.05) is 0 Å². The second-order valence-corrected chi connectivity index (χ2v) is 5.74. The van der Waals surface area contributed by atoms with Gasteiger partial charge >= 0.3 is 5.97 Å². The van der Waals surface area contributed by atoms with Gasteiger partial charge in [0.2, 0.25) is 0 Å². The minimum atomic E-state index is -0.624. The molecule has 0 aliphatic carbocycles. The van der Waals surface area contributed by atoms with Gasteiger partial charge in [-0.25, -0.2) is 0 Å². The Balaban J connectivity index is 0.000000222. The van der Waals surface area contributed by atoms with Crippen LogP contribution in [0.15, 0.2) is 48.5 Å². The fourth-order valence-corrected chi connectivity index (χ4v) is 2.66. The summed E-state index contributed by atoms with van der Waals surface area (Å²) in [6.45, 7) is 6.03.